The van der Waals surface area contributed by atoms with Gasteiger partial charge in [0.2, 0.25) is 5.09 Å². The molecule has 9 nitrogen and oxygen atoms in total. The number of halogens is 1. The highest BCUT2D eigenvalue weighted by Crippen LogP contribution is 2.32. The first kappa shape index (κ1) is 23.9. The first-order valence-electron chi connectivity index (χ1n) is 10.5. The molecular formula is C24H19ClN4O5S2. The number of aryl methyl sites for hydroxylation is 1. The Bertz CT molecular complexity index is 1780. The lowest BCUT2D eigenvalue weighted by atomic mass is 10.2. The van der Waals surface area contributed by atoms with Crippen molar-refractivity contribution in [1.29, 1.82) is 0 Å². The highest BCUT2D eigenvalue weighted by Gasteiger charge is 2.23. The van der Waals surface area contributed by atoms with Gasteiger partial charge in [0.25, 0.3) is 20.0 Å². The molecule has 0 aliphatic rings. The quantitative estimate of drug-likeness (QED) is 0.295. The van der Waals surface area contributed by atoms with E-state index in [0.717, 1.165) is 0 Å². The second kappa shape index (κ2) is 9.01. The van der Waals surface area contributed by atoms with Crippen LogP contribution in [0.25, 0.3) is 22.2 Å². The van der Waals surface area contributed by atoms with Crippen molar-refractivity contribution in [1.82, 2.24) is 9.78 Å². The molecule has 0 radical (unpaired) electrons. The van der Waals surface area contributed by atoms with E-state index >= 15 is 0 Å². The molecule has 36 heavy (non-hydrogen) atoms. The predicted octanol–water partition coefficient (Wildman–Crippen LogP) is 5.09. The van der Waals surface area contributed by atoms with Crippen molar-refractivity contribution in [3.05, 3.63) is 90.1 Å². The lowest BCUT2D eigenvalue weighted by Gasteiger charge is -2.14. The fourth-order valence-corrected chi connectivity index (χ4v) is 5.91. The molecule has 3 aromatic carbocycles. The van der Waals surface area contributed by atoms with Crippen LogP contribution in [0.5, 0.6) is 0 Å². The molecule has 0 aliphatic heterocycles. The smallest absolute Gasteiger partial charge is 0.295 e. The third-order valence-corrected chi connectivity index (χ3v) is 8.11. The van der Waals surface area contributed by atoms with Crippen LogP contribution >= 0.6 is 11.6 Å². The molecule has 0 unspecified atom stereocenters. The number of sulfonamides is 2. The van der Waals surface area contributed by atoms with E-state index in [1.165, 1.54) is 36.4 Å². The largest absolute Gasteiger partial charge is 0.443 e. The molecule has 2 aromatic heterocycles. The van der Waals surface area contributed by atoms with Gasteiger partial charge in [-0.2, -0.15) is 13.5 Å². The molecule has 0 saturated carbocycles. The zero-order valence-electron chi connectivity index (χ0n) is 18.7. The Morgan fingerprint density at radius 3 is 2.36 bits per heavy atom. The summed E-state index contributed by atoms with van der Waals surface area (Å²) in [6.45, 7) is 0. The lowest BCUT2D eigenvalue weighted by molar-refractivity contribution is 0.484. The van der Waals surface area contributed by atoms with Gasteiger partial charge in [-0.3, -0.25) is 14.1 Å². The Morgan fingerprint density at radius 2 is 1.61 bits per heavy atom. The molecule has 12 heteroatoms. The summed E-state index contributed by atoms with van der Waals surface area (Å²) >= 11 is 6.09. The molecule has 0 atom stereocenters. The van der Waals surface area contributed by atoms with Crippen molar-refractivity contribution in [2.75, 3.05) is 9.44 Å². The summed E-state index contributed by atoms with van der Waals surface area (Å²) in [5.74, 6) is 0. The Balaban J connectivity index is 1.47. The highest BCUT2D eigenvalue weighted by molar-refractivity contribution is 7.93. The van der Waals surface area contributed by atoms with Crippen molar-refractivity contribution >= 4 is 54.0 Å². The maximum atomic E-state index is 13.2. The van der Waals surface area contributed by atoms with E-state index in [2.05, 4.69) is 14.5 Å². The number of nitrogens with one attached hydrogen (secondary N) is 2. The average Bonchev–Trinajstić information content (AvgIpc) is 3.48. The summed E-state index contributed by atoms with van der Waals surface area (Å²) in [6, 6.07) is 20.4. The summed E-state index contributed by atoms with van der Waals surface area (Å²) in [4.78, 5) is -0.0216. The number of hydrogen-bond acceptors (Lipinski definition) is 6. The summed E-state index contributed by atoms with van der Waals surface area (Å²) < 4.78 is 64.4. The van der Waals surface area contributed by atoms with E-state index in [-0.39, 0.29) is 26.4 Å². The molecule has 2 N–H and O–H groups in total. The topological polar surface area (TPSA) is 123 Å². The Morgan fingerprint density at radius 1 is 0.833 bits per heavy atom. The van der Waals surface area contributed by atoms with Crippen LogP contribution in [-0.2, 0) is 27.1 Å². The van der Waals surface area contributed by atoms with Gasteiger partial charge < -0.3 is 4.42 Å². The summed E-state index contributed by atoms with van der Waals surface area (Å²) in [5.41, 5.74) is 1.55. The number of aromatic nitrogens is 2. The van der Waals surface area contributed by atoms with Gasteiger partial charge in [-0.25, -0.2) is 8.42 Å². The minimum absolute atomic E-state index is 0.0117. The summed E-state index contributed by atoms with van der Waals surface area (Å²) in [6.07, 6.45) is 1.75. The third kappa shape index (κ3) is 4.81. The van der Waals surface area contributed by atoms with Gasteiger partial charge >= 0.3 is 0 Å². The number of benzene rings is 3. The molecule has 0 aliphatic carbocycles. The molecule has 2 heterocycles. The number of fused-ring (bicyclic) bond motifs is 1. The van der Waals surface area contributed by atoms with Crippen LogP contribution in [0.3, 0.4) is 0 Å². The van der Waals surface area contributed by atoms with E-state index < -0.39 is 20.0 Å². The maximum absolute atomic E-state index is 13.2. The van der Waals surface area contributed by atoms with Crippen molar-refractivity contribution < 1.29 is 21.3 Å². The standard InChI is InChI=1S/C24H19ClN4O5S2/c1-29-12-11-20(26-29)16-6-4-7-19(13-16)35(30,31)27-21-10-9-18(25)15-22(21)28-36(32,33)24-14-17-5-2-3-8-23(17)34-24/h2-15,27-28H,1H3. The van der Waals surface area contributed by atoms with Crippen LogP contribution in [0, 0.1) is 0 Å². The molecule has 5 aromatic rings. The Labute approximate surface area is 212 Å². The van der Waals surface area contributed by atoms with Crippen molar-refractivity contribution in [3.8, 4) is 11.3 Å². The SMILES string of the molecule is Cn1ccc(-c2cccc(S(=O)(=O)Nc3ccc(Cl)cc3NS(=O)(=O)c3cc4ccccc4o3)c2)n1. The van der Waals surface area contributed by atoms with Gasteiger partial charge in [0.05, 0.1) is 22.0 Å². The van der Waals surface area contributed by atoms with Crippen LogP contribution in [-0.4, -0.2) is 26.6 Å². The normalized spacial score (nSPS) is 12.1. The second-order valence-corrected chi connectivity index (χ2v) is 11.6. The van der Waals surface area contributed by atoms with Gasteiger partial charge in [-0.1, -0.05) is 41.9 Å². The van der Waals surface area contributed by atoms with Gasteiger partial charge in [0.15, 0.2) is 0 Å². The first-order chi connectivity index (χ1) is 17.1. The van der Waals surface area contributed by atoms with Crippen LogP contribution in [0.2, 0.25) is 5.02 Å². The molecule has 0 bridgehead atoms. The van der Waals surface area contributed by atoms with Crippen molar-refractivity contribution in [2.24, 2.45) is 7.05 Å². The van der Waals surface area contributed by atoms with Crippen LogP contribution in [0.1, 0.15) is 0 Å². The van der Waals surface area contributed by atoms with Gasteiger partial charge in [-0.05, 0) is 42.5 Å². The molecule has 0 saturated heterocycles. The molecular weight excluding hydrogens is 524 g/mol. The fourth-order valence-electron chi connectivity index (χ4n) is 3.57. The minimum atomic E-state index is -4.20. The number of para-hydroxylation sites is 1. The van der Waals surface area contributed by atoms with E-state index in [4.69, 9.17) is 16.0 Å². The number of nitrogens with zero attached hydrogens (tertiary/aromatic N) is 2. The van der Waals surface area contributed by atoms with Gasteiger partial charge in [0, 0.05) is 35.3 Å². The first-order valence-corrected chi connectivity index (χ1v) is 13.9. The van der Waals surface area contributed by atoms with Crippen molar-refractivity contribution in [3.63, 3.8) is 0 Å². The van der Waals surface area contributed by atoms with Crippen LogP contribution in [0.15, 0.2) is 99.5 Å². The monoisotopic (exact) mass is 542 g/mol. The van der Waals surface area contributed by atoms with Crippen LogP contribution in [0.4, 0.5) is 11.4 Å². The highest BCUT2D eigenvalue weighted by atomic mass is 35.5. The number of furan rings is 1. The maximum Gasteiger partial charge on any atom is 0.295 e. The third-order valence-electron chi connectivity index (χ3n) is 5.29. The van der Waals surface area contributed by atoms with E-state index in [9.17, 15) is 16.8 Å². The molecule has 0 fully saturated rings. The number of hydrogen-bond donors (Lipinski definition) is 2. The number of rotatable bonds is 7. The summed E-state index contributed by atoms with van der Waals surface area (Å²) in [7, 11) is -6.53. The minimum Gasteiger partial charge on any atom is -0.443 e. The van der Waals surface area contributed by atoms with E-state index in [1.807, 2.05) is 0 Å². The predicted molar refractivity (Wildman–Crippen MR) is 138 cm³/mol. The van der Waals surface area contributed by atoms with E-state index in [1.54, 1.807) is 60.4 Å². The molecule has 0 amide bonds. The van der Waals surface area contributed by atoms with Gasteiger partial charge in [0.1, 0.15) is 5.58 Å². The molecule has 0 spiro atoms. The Kier molecular flexibility index (Phi) is 5.99. The zero-order chi connectivity index (χ0) is 25.5. The zero-order valence-corrected chi connectivity index (χ0v) is 21.1. The lowest BCUT2D eigenvalue weighted by Crippen LogP contribution is -2.17. The summed E-state index contributed by atoms with van der Waals surface area (Å²) in [5, 5.41) is 4.79. The molecule has 184 valence electrons. The average molecular weight is 543 g/mol. The second-order valence-electron chi connectivity index (χ2n) is 7.91. The van der Waals surface area contributed by atoms with Crippen molar-refractivity contribution in [2.45, 2.75) is 9.99 Å². The Hall–Kier alpha value is -3.80. The number of anilines is 2. The van der Waals surface area contributed by atoms with Crippen LogP contribution < -0.4 is 9.44 Å². The molecule has 5 rings (SSSR count). The fraction of sp³-hybridized carbons (Fsp3) is 0.0417. The van der Waals surface area contributed by atoms with Gasteiger partial charge in [-0.15, -0.1) is 0 Å². The van der Waals surface area contributed by atoms with E-state index in [0.29, 0.717) is 22.2 Å².